The van der Waals surface area contributed by atoms with Gasteiger partial charge in [0.15, 0.2) is 0 Å². The highest BCUT2D eigenvalue weighted by Crippen LogP contribution is 2.06. The Bertz CT molecular complexity index is 346. The SMILES string of the molecule is CC#N.CC#N.Cc1cccc(C(N)N)c1. The molecule has 0 saturated carbocycles. The van der Waals surface area contributed by atoms with Crippen LogP contribution in [0.4, 0.5) is 0 Å². The second kappa shape index (κ2) is 11.2. The molecule has 4 heteroatoms. The zero-order valence-corrected chi connectivity index (χ0v) is 9.94. The van der Waals surface area contributed by atoms with Gasteiger partial charge >= 0.3 is 0 Å². The van der Waals surface area contributed by atoms with Crippen molar-refractivity contribution in [2.45, 2.75) is 26.9 Å². The minimum atomic E-state index is -0.347. The number of nitrogens with two attached hydrogens (primary N) is 2. The van der Waals surface area contributed by atoms with Gasteiger partial charge in [0.1, 0.15) is 0 Å². The van der Waals surface area contributed by atoms with Gasteiger partial charge in [0.05, 0.1) is 18.3 Å². The van der Waals surface area contributed by atoms with E-state index in [0.29, 0.717) is 0 Å². The van der Waals surface area contributed by atoms with E-state index >= 15 is 0 Å². The third-order valence-electron chi connectivity index (χ3n) is 1.43. The van der Waals surface area contributed by atoms with Gasteiger partial charge in [0, 0.05) is 13.8 Å². The number of nitrogens with zero attached hydrogens (tertiary/aromatic N) is 2. The maximum atomic E-state index is 7.32. The summed E-state index contributed by atoms with van der Waals surface area (Å²) in [4.78, 5) is 0. The predicted molar refractivity (Wildman–Crippen MR) is 64.9 cm³/mol. The summed E-state index contributed by atoms with van der Waals surface area (Å²) in [5.41, 5.74) is 13.1. The molecule has 0 fully saturated rings. The highest BCUT2D eigenvalue weighted by atomic mass is 14.8. The molecule has 0 saturated heterocycles. The lowest BCUT2D eigenvalue weighted by Gasteiger charge is -2.04. The first-order chi connectivity index (χ1) is 7.53. The molecule has 1 aromatic carbocycles. The quantitative estimate of drug-likeness (QED) is 0.704. The average Bonchev–Trinajstić information content (AvgIpc) is 2.20. The summed E-state index contributed by atoms with van der Waals surface area (Å²) in [5.74, 6) is 0. The molecule has 0 aliphatic rings. The third kappa shape index (κ3) is 10.2. The standard InChI is InChI=1S/C8H12N2.2C2H3N/c1-6-3-2-4-7(5-6)8(9)10;2*1-2-3/h2-5,8H,9-10H2,1H3;2*1H3. The Morgan fingerprint density at radius 1 is 1.12 bits per heavy atom. The van der Waals surface area contributed by atoms with Gasteiger partial charge in [-0.3, -0.25) is 0 Å². The van der Waals surface area contributed by atoms with E-state index in [1.807, 2.05) is 31.2 Å². The number of aryl methyl sites for hydroxylation is 1. The topological polar surface area (TPSA) is 99.6 Å². The van der Waals surface area contributed by atoms with Gasteiger partial charge in [-0.25, -0.2) is 0 Å². The zero-order valence-electron chi connectivity index (χ0n) is 9.94. The van der Waals surface area contributed by atoms with Crippen LogP contribution in [0.5, 0.6) is 0 Å². The second-order valence-corrected chi connectivity index (χ2v) is 2.89. The first-order valence-corrected chi connectivity index (χ1v) is 4.72. The van der Waals surface area contributed by atoms with Crippen molar-refractivity contribution in [3.05, 3.63) is 35.4 Å². The Morgan fingerprint density at radius 2 is 1.56 bits per heavy atom. The van der Waals surface area contributed by atoms with E-state index in [1.54, 1.807) is 12.1 Å². The summed E-state index contributed by atoms with van der Waals surface area (Å²) < 4.78 is 0. The molecule has 1 aromatic rings. The van der Waals surface area contributed by atoms with Crippen molar-refractivity contribution in [1.29, 1.82) is 10.5 Å². The maximum absolute atomic E-state index is 7.32. The molecule has 4 nitrogen and oxygen atoms in total. The van der Waals surface area contributed by atoms with Crippen LogP contribution in [0.15, 0.2) is 24.3 Å². The maximum Gasteiger partial charge on any atom is 0.0784 e. The summed E-state index contributed by atoms with van der Waals surface area (Å²) in [6.45, 7) is 4.88. The number of benzene rings is 1. The fourth-order valence-corrected chi connectivity index (χ4v) is 0.877. The van der Waals surface area contributed by atoms with Gasteiger partial charge in [0.25, 0.3) is 0 Å². The van der Waals surface area contributed by atoms with Crippen molar-refractivity contribution in [2.75, 3.05) is 0 Å². The van der Waals surface area contributed by atoms with Gasteiger partial charge in [-0.05, 0) is 12.5 Å². The lowest BCUT2D eigenvalue weighted by molar-refractivity contribution is 0.773. The van der Waals surface area contributed by atoms with Gasteiger partial charge in [0.2, 0.25) is 0 Å². The van der Waals surface area contributed by atoms with Crippen LogP contribution in [0.25, 0.3) is 0 Å². The monoisotopic (exact) mass is 218 g/mol. The number of hydrogen-bond acceptors (Lipinski definition) is 4. The molecule has 0 spiro atoms. The van der Waals surface area contributed by atoms with Crippen LogP contribution in [0.1, 0.15) is 31.1 Å². The molecule has 1 rings (SSSR count). The van der Waals surface area contributed by atoms with Crippen LogP contribution in [-0.4, -0.2) is 0 Å². The Kier molecular flexibility index (Phi) is 11.6. The first kappa shape index (κ1) is 16.5. The molecular weight excluding hydrogens is 200 g/mol. The van der Waals surface area contributed by atoms with Crippen molar-refractivity contribution in [3.8, 4) is 12.1 Å². The molecule has 0 aliphatic heterocycles. The van der Waals surface area contributed by atoms with E-state index < -0.39 is 0 Å². The fraction of sp³-hybridized carbons (Fsp3) is 0.333. The van der Waals surface area contributed by atoms with Crippen LogP contribution in [-0.2, 0) is 0 Å². The number of rotatable bonds is 1. The molecule has 0 heterocycles. The highest BCUT2D eigenvalue weighted by Gasteiger charge is 1.96. The van der Waals surface area contributed by atoms with E-state index in [1.165, 1.54) is 19.4 Å². The van der Waals surface area contributed by atoms with Crippen molar-refractivity contribution in [2.24, 2.45) is 11.5 Å². The van der Waals surface area contributed by atoms with E-state index in [0.717, 1.165) is 5.56 Å². The van der Waals surface area contributed by atoms with Gasteiger partial charge in [-0.15, -0.1) is 0 Å². The van der Waals surface area contributed by atoms with Crippen molar-refractivity contribution >= 4 is 0 Å². The Labute approximate surface area is 97.1 Å². The lowest BCUT2D eigenvalue weighted by atomic mass is 10.1. The fourth-order valence-electron chi connectivity index (χ4n) is 0.877. The van der Waals surface area contributed by atoms with Crippen LogP contribution >= 0.6 is 0 Å². The molecule has 0 aromatic heterocycles. The summed E-state index contributed by atoms with van der Waals surface area (Å²) in [6.07, 6.45) is -0.347. The van der Waals surface area contributed by atoms with E-state index in [4.69, 9.17) is 22.0 Å². The third-order valence-corrected chi connectivity index (χ3v) is 1.43. The van der Waals surface area contributed by atoms with Crippen molar-refractivity contribution in [1.82, 2.24) is 0 Å². The van der Waals surface area contributed by atoms with Crippen molar-refractivity contribution < 1.29 is 0 Å². The minimum absolute atomic E-state index is 0.347. The summed E-state index contributed by atoms with van der Waals surface area (Å²) in [7, 11) is 0. The molecule has 0 bridgehead atoms. The summed E-state index contributed by atoms with van der Waals surface area (Å²) in [5, 5.41) is 14.6. The normalized spacial score (nSPS) is 7.50. The zero-order chi connectivity index (χ0) is 13.0. The van der Waals surface area contributed by atoms with Crippen LogP contribution in [0.2, 0.25) is 0 Å². The molecule has 0 unspecified atom stereocenters. The first-order valence-electron chi connectivity index (χ1n) is 4.72. The van der Waals surface area contributed by atoms with Crippen LogP contribution in [0.3, 0.4) is 0 Å². The molecule has 0 atom stereocenters. The molecule has 16 heavy (non-hydrogen) atoms. The minimum Gasteiger partial charge on any atom is -0.312 e. The van der Waals surface area contributed by atoms with E-state index in [-0.39, 0.29) is 6.17 Å². The molecule has 0 amide bonds. The molecule has 4 N–H and O–H groups in total. The Balaban J connectivity index is 0. The Morgan fingerprint density at radius 3 is 1.81 bits per heavy atom. The van der Waals surface area contributed by atoms with Gasteiger partial charge in [-0.2, -0.15) is 10.5 Å². The Hall–Kier alpha value is -1.88. The molecule has 0 aliphatic carbocycles. The molecule has 86 valence electrons. The van der Waals surface area contributed by atoms with Crippen LogP contribution < -0.4 is 11.5 Å². The van der Waals surface area contributed by atoms with Crippen LogP contribution in [0, 0.1) is 29.6 Å². The second-order valence-electron chi connectivity index (χ2n) is 2.89. The van der Waals surface area contributed by atoms with E-state index in [2.05, 4.69) is 0 Å². The molecule has 0 radical (unpaired) electrons. The molecular formula is C12H18N4. The van der Waals surface area contributed by atoms with Gasteiger partial charge in [-0.1, -0.05) is 29.8 Å². The van der Waals surface area contributed by atoms with E-state index in [9.17, 15) is 0 Å². The van der Waals surface area contributed by atoms with Gasteiger partial charge < -0.3 is 11.5 Å². The summed E-state index contributed by atoms with van der Waals surface area (Å²) >= 11 is 0. The predicted octanol–water partition coefficient (Wildman–Crippen LogP) is 1.97. The van der Waals surface area contributed by atoms with Crippen molar-refractivity contribution in [3.63, 3.8) is 0 Å². The smallest absolute Gasteiger partial charge is 0.0784 e. The lowest BCUT2D eigenvalue weighted by Crippen LogP contribution is -2.19. The number of hydrogen-bond donors (Lipinski definition) is 2. The average molecular weight is 218 g/mol. The number of nitriles is 2. The largest absolute Gasteiger partial charge is 0.312 e. The highest BCUT2D eigenvalue weighted by molar-refractivity contribution is 5.23. The summed E-state index contributed by atoms with van der Waals surface area (Å²) in [6, 6.07) is 11.4.